The van der Waals surface area contributed by atoms with Crippen molar-refractivity contribution in [3.63, 3.8) is 0 Å². The molecule has 2 N–H and O–H groups in total. The van der Waals surface area contributed by atoms with Gasteiger partial charge in [0.1, 0.15) is 6.61 Å². The summed E-state index contributed by atoms with van der Waals surface area (Å²) in [6.07, 6.45) is -0.695. The van der Waals surface area contributed by atoms with E-state index in [9.17, 15) is 9.90 Å². The summed E-state index contributed by atoms with van der Waals surface area (Å²) in [7, 11) is 0. The average Bonchev–Trinajstić information content (AvgIpc) is 2.33. The first kappa shape index (κ1) is 15.7. The summed E-state index contributed by atoms with van der Waals surface area (Å²) in [4.78, 5) is 11.6. The van der Waals surface area contributed by atoms with Crippen molar-refractivity contribution in [3.8, 4) is 0 Å². The van der Waals surface area contributed by atoms with Crippen molar-refractivity contribution < 1.29 is 14.6 Å². The molecule has 1 unspecified atom stereocenters. The number of rotatable bonds is 5. The van der Waals surface area contributed by atoms with Gasteiger partial charge in [-0.2, -0.15) is 0 Å². The predicted molar refractivity (Wildman–Crippen MR) is 74.9 cm³/mol. The van der Waals surface area contributed by atoms with Crippen LogP contribution in [0.3, 0.4) is 0 Å². The molecule has 0 saturated carbocycles. The highest BCUT2D eigenvalue weighted by Crippen LogP contribution is 2.16. The molecule has 1 amide bonds. The molecule has 0 saturated heterocycles. The van der Waals surface area contributed by atoms with E-state index >= 15 is 0 Å². The second kappa shape index (κ2) is 6.68. The van der Waals surface area contributed by atoms with Crippen molar-refractivity contribution in [1.29, 1.82) is 0 Å². The minimum Gasteiger partial charge on any atom is -0.387 e. The minimum absolute atomic E-state index is 0.00396. The van der Waals surface area contributed by atoms with Crippen LogP contribution in [-0.2, 0) is 9.53 Å². The third-order valence-electron chi connectivity index (χ3n) is 2.68. The number of ether oxygens (including phenoxy) is 1. The van der Waals surface area contributed by atoms with Crippen LogP contribution in [0.1, 0.15) is 38.0 Å². The Bertz CT molecular complexity index is 424. The molecule has 0 aromatic heterocycles. The molecular formula is C15H23NO3. The lowest BCUT2D eigenvalue weighted by Gasteiger charge is -2.19. The Morgan fingerprint density at radius 3 is 2.58 bits per heavy atom. The number of hydrogen-bond acceptors (Lipinski definition) is 3. The second-order valence-electron chi connectivity index (χ2n) is 5.58. The average molecular weight is 265 g/mol. The molecule has 19 heavy (non-hydrogen) atoms. The van der Waals surface area contributed by atoms with E-state index in [1.807, 2.05) is 52.0 Å². The molecule has 0 spiro atoms. The van der Waals surface area contributed by atoms with Crippen LogP contribution in [0, 0.1) is 6.92 Å². The van der Waals surface area contributed by atoms with Gasteiger partial charge in [0.05, 0.1) is 11.7 Å². The molecule has 1 atom stereocenters. The van der Waals surface area contributed by atoms with Crippen LogP contribution in [-0.4, -0.2) is 29.8 Å². The zero-order chi connectivity index (χ0) is 14.5. The summed E-state index contributed by atoms with van der Waals surface area (Å²) in [5, 5.41) is 12.7. The standard InChI is InChI=1S/C15H23NO3/c1-11-7-5-6-8-12(11)13(17)9-16-14(18)10-19-15(2,3)4/h5-8,13,17H,9-10H2,1-4H3,(H,16,18). The Hall–Kier alpha value is -1.39. The van der Waals surface area contributed by atoms with Crippen LogP contribution >= 0.6 is 0 Å². The lowest BCUT2D eigenvalue weighted by molar-refractivity contribution is -0.131. The SMILES string of the molecule is Cc1ccccc1C(O)CNC(=O)COC(C)(C)C. The number of aryl methyl sites for hydroxylation is 1. The van der Waals surface area contributed by atoms with E-state index in [4.69, 9.17) is 4.74 Å². The molecule has 0 aliphatic carbocycles. The number of aliphatic hydroxyl groups excluding tert-OH is 1. The smallest absolute Gasteiger partial charge is 0.246 e. The van der Waals surface area contributed by atoms with Crippen molar-refractivity contribution in [1.82, 2.24) is 5.32 Å². The Kier molecular flexibility index (Phi) is 5.51. The summed E-state index contributed by atoms with van der Waals surface area (Å²) in [6.45, 7) is 7.80. The molecule has 0 radical (unpaired) electrons. The highest BCUT2D eigenvalue weighted by molar-refractivity contribution is 5.77. The van der Waals surface area contributed by atoms with Gasteiger partial charge < -0.3 is 15.2 Å². The van der Waals surface area contributed by atoms with E-state index in [0.29, 0.717) is 0 Å². The zero-order valence-corrected chi connectivity index (χ0v) is 12.1. The molecular weight excluding hydrogens is 242 g/mol. The number of carbonyl (C=O) groups excluding carboxylic acids is 1. The minimum atomic E-state index is -0.695. The Morgan fingerprint density at radius 1 is 1.37 bits per heavy atom. The quantitative estimate of drug-likeness (QED) is 0.855. The van der Waals surface area contributed by atoms with Gasteiger partial charge in [-0.15, -0.1) is 0 Å². The number of carbonyl (C=O) groups is 1. The maximum absolute atomic E-state index is 11.6. The molecule has 0 heterocycles. The lowest BCUT2D eigenvalue weighted by atomic mass is 10.0. The monoisotopic (exact) mass is 265 g/mol. The summed E-state index contributed by atoms with van der Waals surface area (Å²) < 4.78 is 5.36. The van der Waals surface area contributed by atoms with Gasteiger partial charge in [0, 0.05) is 6.54 Å². The number of aliphatic hydroxyl groups is 1. The van der Waals surface area contributed by atoms with Crippen LogP contribution in [0.15, 0.2) is 24.3 Å². The van der Waals surface area contributed by atoms with Crippen LogP contribution in [0.5, 0.6) is 0 Å². The first-order valence-corrected chi connectivity index (χ1v) is 6.44. The van der Waals surface area contributed by atoms with Gasteiger partial charge in [0.25, 0.3) is 0 Å². The first-order chi connectivity index (χ1) is 8.79. The van der Waals surface area contributed by atoms with Gasteiger partial charge >= 0.3 is 0 Å². The van der Waals surface area contributed by atoms with E-state index in [2.05, 4.69) is 5.32 Å². The van der Waals surface area contributed by atoms with Gasteiger partial charge in [-0.05, 0) is 38.8 Å². The van der Waals surface area contributed by atoms with Crippen molar-refractivity contribution in [2.75, 3.05) is 13.2 Å². The summed E-state index contributed by atoms with van der Waals surface area (Å²) in [6, 6.07) is 7.58. The van der Waals surface area contributed by atoms with Crippen molar-refractivity contribution in [2.45, 2.75) is 39.4 Å². The fourth-order valence-corrected chi connectivity index (χ4v) is 1.61. The molecule has 1 aromatic carbocycles. The molecule has 4 heteroatoms. The van der Waals surface area contributed by atoms with E-state index in [1.165, 1.54) is 0 Å². The normalized spacial score (nSPS) is 13.1. The van der Waals surface area contributed by atoms with Crippen LogP contribution in [0.25, 0.3) is 0 Å². The van der Waals surface area contributed by atoms with Gasteiger partial charge in [-0.3, -0.25) is 4.79 Å². The van der Waals surface area contributed by atoms with E-state index in [0.717, 1.165) is 11.1 Å². The highest BCUT2D eigenvalue weighted by Gasteiger charge is 2.14. The molecule has 106 valence electrons. The fourth-order valence-electron chi connectivity index (χ4n) is 1.61. The largest absolute Gasteiger partial charge is 0.387 e. The van der Waals surface area contributed by atoms with Crippen molar-refractivity contribution >= 4 is 5.91 Å². The maximum atomic E-state index is 11.6. The van der Waals surface area contributed by atoms with E-state index in [1.54, 1.807) is 0 Å². The summed E-state index contributed by atoms with van der Waals surface area (Å²) in [5.74, 6) is -0.220. The third kappa shape index (κ3) is 5.85. The Balaban J connectivity index is 2.40. The van der Waals surface area contributed by atoms with Crippen LogP contribution < -0.4 is 5.32 Å². The Morgan fingerprint density at radius 2 is 2.00 bits per heavy atom. The van der Waals surface area contributed by atoms with Crippen molar-refractivity contribution in [3.05, 3.63) is 35.4 Å². The fraction of sp³-hybridized carbons (Fsp3) is 0.533. The first-order valence-electron chi connectivity index (χ1n) is 6.44. The molecule has 0 aliphatic rings. The van der Waals surface area contributed by atoms with Crippen molar-refractivity contribution in [2.24, 2.45) is 0 Å². The summed E-state index contributed by atoms with van der Waals surface area (Å²) >= 11 is 0. The van der Waals surface area contributed by atoms with Gasteiger partial charge in [-0.1, -0.05) is 24.3 Å². The molecule has 1 aromatic rings. The number of amides is 1. The van der Waals surface area contributed by atoms with Gasteiger partial charge in [0.2, 0.25) is 5.91 Å². The number of hydrogen-bond donors (Lipinski definition) is 2. The molecule has 1 rings (SSSR count). The second-order valence-corrected chi connectivity index (χ2v) is 5.58. The summed E-state index contributed by atoms with van der Waals surface area (Å²) in [5.41, 5.74) is 1.50. The van der Waals surface area contributed by atoms with Gasteiger partial charge in [0.15, 0.2) is 0 Å². The number of benzene rings is 1. The molecule has 0 bridgehead atoms. The van der Waals surface area contributed by atoms with Crippen LogP contribution in [0.2, 0.25) is 0 Å². The third-order valence-corrected chi connectivity index (χ3v) is 2.68. The highest BCUT2D eigenvalue weighted by atomic mass is 16.5. The topological polar surface area (TPSA) is 58.6 Å². The maximum Gasteiger partial charge on any atom is 0.246 e. The van der Waals surface area contributed by atoms with E-state index in [-0.39, 0.29) is 24.7 Å². The van der Waals surface area contributed by atoms with Crippen LogP contribution in [0.4, 0.5) is 0 Å². The predicted octanol–water partition coefficient (Wildman–Crippen LogP) is 1.96. The molecule has 4 nitrogen and oxygen atoms in total. The molecule has 0 fully saturated rings. The van der Waals surface area contributed by atoms with E-state index < -0.39 is 6.10 Å². The molecule has 0 aliphatic heterocycles. The van der Waals surface area contributed by atoms with Gasteiger partial charge in [-0.25, -0.2) is 0 Å². The number of nitrogens with one attached hydrogen (secondary N) is 1. The zero-order valence-electron chi connectivity index (χ0n) is 12.1. The Labute approximate surface area is 114 Å². The lowest BCUT2D eigenvalue weighted by Crippen LogP contribution is -2.34.